The van der Waals surface area contributed by atoms with Crippen molar-refractivity contribution in [1.29, 1.82) is 0 Å². The van der Waals surface area contributed by atoms with Crippen molar-refractivity contribution in [3.63, 3.8) is 0 Å². The summed E-state index contributed by atoms with van der Waals surface area (Å²) in [6.45, 7) is 1.78. The molecule has 32 heavy (non-hydrogen) atoms. The van der Waals surface area contributed by atoms with Crippen LogP contribution in [0, 0.1) is 0 Å². The van der Waals surface area contributed by atoms with Gasteiger partial charge in [0.25, 0.3) is 5.95 Å². The van der Waals surface area contributed by atoms with Crippen molar-refractivity contribution >= 4 is 11.8 Å². The van der Waals surface area contributed by atoms with Gasteiger partial charge in [-0.3, -0.25) is 5.32 Å². The number of hydrogen-bond acceptors (Lipinski definition) is 5. The summed E-state index contributed by atoms with van der Waals surface area (Å²) < 4.78 is 15.9. The Bertz CT molecular complexity index is 1090. The van der Waals surface area contributed by atoms with E-state index in [-0.39, 0.29) is 5.95 Å². The zero-order valence-electron chi connectivity index (χ0n) is 17.5. The molecule has 0 saturated heterocycles. The van der Waals surface area contributed by atoms with Gasteiger partial charge in [-0.1, -0.05) is 42.5 Å². The second-order valence-electron chi connectivity index (χ2n) is 7.13. The van der Waals surface area contributed by atoms with Gasteiger partial charge in [-0.15, -0.1) is 0 Å². The summed E-state index contributed by atoms with van der Waals surface area (Å²) in [5.74, 6) is 1.56. The first-order chi connectivity index (χ1) is 15.7. The molecule has 3 aromatic carbocycles. The van der Waals surface area contributed by atoms with Crippen LogP contribution in [0.25, 0.3) is 0 Å². The predicted molar refractivity (Wildman–Crippen MR) is 123 cm³/mol. The highest BCUT2D eigenvalue weighted by molar-refractivity contribution is 5.86. The molecule has 0 atom stereocenters. The molecule has 4 rings (SSSR count). The van der Waals surface area contributed by atoms with Gasteiger partial charge in [0.1, 0.15) is 11.5 Å². The van der Waals surface area contributed by atoms with E-state index in [0.29, 0.717) is 11.4 Å². The van der Waals surface area contributed by atoms with E-state index in [9.17, 15) is 4.79 Å². The number of carbonyl (C=O) groups excluding carboxylic acids is 1. The molecule has 162 valence electrons. The number of carbonyl (C=O) groups is 1. The zero-order valence-corrected chi connectivity index (χ0v) is 17.5. The summed E-state index contributed by atoms with van der Waals surface area (Å²) in [4.78, 5) is 11.8. The molecule has 1 aromatic heterocycles. The molecule has 6 heteroatoms. The van der Waals surface area contributed by atoms with Crippen molar-refractivity contribution in [3.05, 3.63) is 108 Å². The Morgan fingerprint density at radius 1 is 0.781 bits per heavy atom. The van der Waals surface area contributed by atoms with Gasteiger partial charge in [-0.05, 0) is 66.6 Å². The number of amides is 1. The largest absolute Gasteiger partial charge is 0.457 e. The van der Waals surface area contributed by atoms with E-state index in [4.69, 9.17) is 13.9 Å². The average Bonchev–Trinajstić information content (AvgIpc) is 3.33. The molecule has 0 unspecified atom stereocenters. The Kier molecular flexibility index (Phi) is 7.18. The van der Waals surface area contributed by atoms with Crippen LogP contribution < -0.4 is 20.1 Å². The molecule has 6 nitrogen and oxygen atoms in total. The lowest BCUT2D eigenvalue weighted by Crippen LogP contribution is -2.16. The number of furan rings is 1. The third-order valence-corrected chi connectivity index (χ3v) is 4.71. The molecule has 2 N–H and O–H groups in total. The first-order valence-corrected chi connectivity index (χ1v) is 10.4. The van der Waals surface area contributed by atoms with Gasteiger partial charge < -0.3 is 19.2 Å². The molecule has 1 heterocycles. The van der Waals surface area contributed by atoms with E-state index in [1.807, 2.05) is 18.2 Å². The van der Waals surface area contributed by atoms with Gasteiger partial charge in [0.15, 0.2) is 0 Å². The third-order valence-electron chi connectivity index (χ3n) is 4.71. The Morgan fingerprint density at radius 2 is 1.50 bits per heavy atom. The molecule has 4 aromatic rings. The Hall–Kier alpha value is -4.03. The van der Waals surface area contributed by atoms with Crippen LogP contribution in [-0.2, 0) is 13.0 Å². The Labute approximate surface area is 186 Å². The Morgan fingerprint density at radius 3 is 2.19 bits per heavy atom. The molecule has 0 radical (unpaired) electrons. The lowest BCUT2D eigenvalue weighted by atomic mass is 10.1. The van der Waals surface area contributed by atoms with Gasteiger partial charge >= 0.3 is 6.09 Å². The number of anilines is 1. The summed E-state index contributed by atoms with van der Waals surface area (Å²) in [7, 11) is 0. The van der Waals surface area contributed by atoms with E-state index in [0.717, 1.165) is 25.3 Å². The van der Waals surface area contributed by atoms with E-state index < -0.39 is 6.09 Å². The maximum absolute atomic E-state index is 11.8. The van der Waals surface area contributed by atoms with E-state index >= 15 is 0 Å². The first-order valence-electron chi connectivity index (χ1n) is 10.4. The maximum Gasteiger partial charge on any atom is 0.419 e. The fourth-order valence-corrected chi connectivity index (χ4v) is 3.08. The quantitative estimate of drug-likeness (QED) is 0.319. The normalized spacial score (nSPS) is 10.5. The van der Waals surface area contributed by atoms with Crippen LogP contribution >= 0.6 is 0 Å². The fraction of sp³-hybridized carbons (Fsp3) is 0.115. The minimum Gasteiger partial charge on any atom is -0.457 e. The second kappa shape index (κ2) is 10.8. The van der Waals surface area contributed by atoms with E-state index in [1.165, 1.54) is 17.4 Å². The molecule has 0 spiro atoms. The molecule has 0 aliphatic heterocycles. The van der Waals surface area contributed by atoms with Crippen LogP contribution in [0.1, 0.15) is 11.1 Å². The average molecular weight is 428 g/mol. The Balaban J connectivity index is 1.21. The number of nitrogens with one attached hydrogen (secondary N) is 2. The van der Waals surface area contributed by atoms with Crippen molar-refractivity contribution in [2.75, 3.05) is 11.9 Å². The predicted octanol–water partition coefficient (Wildman–Crippen LogP) is 6.02. The number of rotatable bonds is 9. The number of hydrogen-bond donors (Lipinski definition) is 2. The number of benzene rings is 3. The molecular weight excluding hydrogens is 404 g/mol. The van der Waals surface area contributed by atoms with Gasteiger partial charge in [0, 0.05) is 18.3 Å². The summed E-state index contributed by atoms with van der Waals surface area (Å²) in [6.07, 6.45) is 1.76. The second-order valence-corrected chi connectivity index (χ2v) is 7.13. The smallest absolute Gasteiger partial charge is 0.419 e. The van der Waals surface area contributed by atoms with Gasteiger partial charge in [-0.2, -0.15) is 0 Å². The monoisotopic (exact) mass is 428 g/mol. The van der Waals surface area contributed by atoms with Crippen LogP contribution in [0.3, 0.4) is 0 Å². The summed E-state index contributed by atoms with van der Waals surface area (Å²) in [6, 6.07) is 28.7. The highest BCUT2D eigenvalue weighted by Gasteiger charge is 2.07. The third kappa shape index (κ3) is 6.48. The molecule has 1 amide bonds. The van der Waals surface area contributed by atoms with Crippen molar-refractivity contribution in [1.82, 2.24) is 5.32 Å². The standard InChI is InChI=1S/C26H24N2O4/c29-26(32-25-7-4-18-30-25)28-22-10-14-24(15-11-22)31-23-12-8-20(9-13-23)16-17-27-19-21-5-2-1-3-6-21/h1-15,18,27H,16-17,19H2,(H,28,29). The fourth-order valence-electron chi connectivity index (χ4n) is 3.08. The molecule has 0 fully saturated rings. The van der Waals surface area contributed by atoms with Crippen molar-refractivity contribution in [2.45, 2.75) is 13.0 Å². The zero-order chi connectivity index (χ0) is 22.0. The first kappa shape index (κ1) is 21.2. The minimum atomic E-state index is -0.623. The van der Waals surface area contributed by atoms with Gasteiger partial charge in [0.2, 0.25) is 0 Å². The molecular formula is C26H24N2O4. The maximum atomic E-state index is 11.8. The van der Waals surface area contributed by atoms with Crippen LogP contribution in [0.4, 0.5) is 10.5 Å². The summed E-state index contributed by atoms with van der Waals surface area (Å²) >= 11 is 0. The van der Waals surface area contributed by atoms with E-state index in [2.05, 4.69) is 47.0 Å². The van der Waals surface area contributed by atoms with Gasteiger partial charge in [-0.25, -0.2) is 4.79 Å². The lowest BCUT2D eigenvalue weighted by molar-refractivity contribution is 0.202. The topological polar surface area (TPSA) is 72.7 Å². The van der Waals surface area contributed by atoms with E-state index in [1.54, 1.807) is 36.4 Å². The van der Waals surface area contributed by atoms with Crippen LogP contribution in [0.2, 0.25) is 0 Å². The molecule has 0 saturated carbocycles. The summed E-state index contributed by atoms with van der Waals surface area (Å²) in [5.41, 5.74) is 3.12. The molecule has 0 aliphatic carbocycles. The van der Waals surface area contributed by atoms with Crippen molar-refractivity contribution < 1.29 is 18.7 Å². The SMILES string of the molecule is O=C(Nc1ccc(Oc2ccc(CCNCc3ccccc3)cc2)cc1)Oc1ccco1. The van der Waals surface area contributed by atoms with Crippen molar-refractivity contribution in [2.24, 2.45) is 0 Å². The molecule has 0 aliphatic rings. The van der Waals surface area contributed by atoms with Crippen LogP contribution in [0.5, 0.6) is 17.4 Å². The van der Waals surface area contributed by atoms with Crippen LogP contribution in [0.15, 0.2) is 102 Å². The lowest BCUT2D eigenvalue weighted by Gasteiger charge is -2.09. The highest BCUT2D eigenvalue weighted by Crippen LogP contribution is 2.23. The number of ether oxygens (including phenoxy) is 2. The minimum absolute atomic E-state index is 0.137. The molecule has 0 bridgehead atoms. The van der Waals surface area contributed by atoms with Crippen LogP contribution in [-0.4, -0.2) is 12.6 Å². The summed E-state index contributed by atoms with van der Waals surface area (Å²) in [5, 5.41) is 6.09. The highest BCUT2D eigenvalue weighted by atomic mass is 16.6. The van der Waals surface area contributed by atoms with Gasteiger partial charge in [0.05, 0.1) is 6.26 Å². The van der Waals surface area contributed by atoms with Crippen molar-refractivity contribution in [3.8, 4) is 17.4 Å².